The van der Waals surface area contributed by atoms with Crippen molar-refractivity contribution in [2.75, 3.05) is 0 Å². The molecule has 0 radical (unpaired) electrons. The zero-order valence-corrected chi connectivity index (χ0v) is 16.8. The predicted octanol–water partition coefficient (Wildman–Crippen LogP) is 6.52. The quantitative estimate of drug-likeness (QED) is 0.395. The van der Waals surface area contributed by atoms with Crippen LogP contribution >= 0.6 is 0 Å². The van der Waals surface area contributed by atoms with Crippen molar-refractivity contribution in [3.8, 4) is 11.3 Å². The van der Waals surface area contributed by atoms with E-state index >= 15 is 0 Å². The standard InChI is InChI=1S/C24H32N2O/c1-3-5-7-16-24(17-8-6-9-18-24)23-15-14-21(25-26-23)19-10-12-20(13-11-19)22(27)4-2/h10-15H,3-9,16-18H2,1-2H3. The minimum Gasteiger partial charge on any atom is -0.294 e. The highest BCUT2D eigenvalue weighted by atomic mass is 16.1. The van der Waals surface area contributed by atoms with Crippen LogP contribution in [0.4, 0.5) is 0 Å². The Hall–Kier alpha value is -2.03. The van der Waals surface area contributed by atoms with Crippen molar-refractivity contribution in [2.24, 2.45) is 0 Å². The van der Waals surface area contributed by atoms with Crippen molar-refractivity contribution in [2.45, 2.75) is 83.5 Å². The molecular weight excluding hydrogens is 332 g/mol. The molecule has 1 saturated carbocycles. The Kier molecular flexibility index (Phi) is 6.76. The molecule has 1 fully saturated rings. The van der Waals surface area contributed by atoms with E-state index in [-0.39, 0.29) is 11.2 Å². The maximum absolute atomic E-state index is 11.8. The summed E-state index contributed by atoms with van der Waals surface area (Å²) in [4.78, 5) is 11.8. The molecule has 1 aromatic heterocycles. The second-order valence-corrected chi connectivity index (χ2v) is 7.96. The lowest BCUT2D eigenvalue weighted by Crippen LogP contribution is -2.30. The number of hydrogen-bond donors (Lipinski definition) is 0. The highest BCUT2D eigenvalue weighted by molar-refractivity contribution is 5.96. The maximum Gasteiger partial charge on any atom is 0.162 e. The van der Waals surface area contributed by atoms with E-state index in [4.69, 9.17) is 0 Å². The minimum atomic E-state index is 0.175. The van der Waals surface area contributed by atoms with Crippen LogP contribution in [0.1, 0.15) is 94.1 Å². The molecule has 3 rings (SSSR count). The fourth-order valence-electron chi connectivity index (χ4n) is 4.38. The first kappa shape index (κ1) is 19.7. The molecule has 0 N–H and O–H groups in total. The molecule has 0 saturated heterocycles. The molecular formula is C24H32N2O. The van der Waals surface area contributed by atoms with E-state index in [9.17, 15) is 4.79 Å². The fraction of sp³-hybridized carbons (Fsp3) is 0.542. The molecule has 1 heterocycles. The third-order valence-corrected chi connectivity index (χ3v) is 6.10. The molecule has 2 aromatic rings. The minimum absolute atomic E-state index is 0.175. The van der Waals surface area contributed by atoms with Gasteiger partial charge in [-0.3, -0.25) is 4.79 Å². The summed E-state index contributed by atoms with van der Waals surface area (Å²) in [5.41, 5.74) is 4.08. The number of carbonyl (C=O) groups is 1. The van der Waals surface area contributed by atoms with Gasteiger partial charge < -0.3 is 0 Å². The zero-order chi connectivity index (χ0) is 19.1. The lowest BCUT2D eigenvalue weighted by atomic mass is 9.68. The van der Waals surface area contributed by atoms with Gasteiger partial charge in [-0.25, -0.2) is 0 Å². The molecule has 0 unspecified atom stereocenters. The summed E-state index contributed by atoms with van der Waals surface area (Å²) in [6.07, 6.45) is 12.1. The van der Waals surface area contributed by atoms with Crippen LogP contribution in [0.5, 0.6) is 0 Å². The van der Waals surface area contributed by atoms with Gasteiger partial charge in [0.05, 0.1) is 11.4 Å². The molecule has 0 amide bonds. The van der Waals surface area contributed by atoms with Crippen molar-refractivity contribution in [1.82, 2.24) is 10.2 Å². The Bertz CT molecular complexity index is 728. The van der Waals surface area contributed by atoms with E-state index in [1.165, 1.54) is 63.5 Å². The van der Waals surface area contributed by atoms with Crippen LogP contribution in [0, 0.1) is 0 Å². The normalized spacial score (nSPS) is 16.2. The number of nitrogens with zero attached hydrogens (tertiary/aromatic N) is 2. The van der Waals surface area contributed by atoms with Crippen LogP contribution in [-0.4, -0.2) is 16.0 Å². The smallest absolute Gasteiger partial charge is 0.162 e. The second kappa shape index (κ2) is 9.25. The van der Waals surface area contributed by atoms with Crippen molar-refractivity contribution in [3.05, 3.63) is 47.7 Å². The summed E-state index contributed by atoms with van der Waals surface area (Å²) in [5, 5.41) is 9.24. The van der Waals surface area contributed by atoms with E-state index in [2.05, 4.69) is 29.3 Å². The van der Waals surface area contributed by atoms with Crippen molar-refractivity contribution >= 4 is 5.78 Å². The summed E-state index contributed by atoms with van der Waals surface area (Å²) in [6.45, 7) is 4.16. The number of carbonyl (C=O) groups excluding carboxylic acids is 1. The number of ketones is 1. The summed E-state index contributed by atoms with van der Waals surface area (Å²) >= 11 is 0. The van der Waals surface area contributed by atoms with Crippen molar-refractivity contribution in [1.29, 1.82) is 0 Å². The van der Waals surface area contributed by atoms with Gasteiger partial charge in [-0.2, -0.15) is 10.2 Å². The first-order valence-corrected chi connectivity index (χ1v) is 10.7. The molecule has 0 aliphatic heterocycles. The van der Waals surface area contributed by atoms with Crippen molar-refractivity contribution in [3.63, 3.8) is 0 Å². The summed E-state index contributed by atoms with van der Waals surface area (Å²) < 4.78 is 0. The van der Waals surface area contributed by atoms with Gasteiger partial charge in [0.15, 0.2) is 5.78 Å². The summed E-state index contributed by atoms with van der Waals surface area (Å²) in [5.74, 6) is 0.175. The van der Waals surface area contributed by atoms with Crippen LogP contribution in [0.25, 0.3) is 11.3 Å². The molecule has 3 heteroatoms. The molecule has 1 aromatic carbocycles. The predicted molar refractivity (Wildman–Crippen MR) is 111 cm³/mol. The van der Waals surface area contributed by atoms with E-state index < -0.39 is 0 Å². The largest absolute Gasteiger partial charge is 0.294 e. The lowest BCUT2D eigenvalue weighted by molar-refractivity contribution is 0.0988. The first-order chi connectivity index (χ1) is 13.2. The van der Waals surface area contributed by atoms with E-state index in [1.807, 2.05) is 31.2 Å². The maximum atomic E-state index is 11.8. The van der Waals surface area contributed by atoms with Gasteiger partial charge in [0, 0.05) is 23.0 Å². The van der Waals surface area contributed by atoms with Crippen LogP contribution in [0.3, 0.4) is 0 Å². The van der Waals surface area contributed by atoms with E-state index in [0.29, 0.717) is 6.42 Å². The van der Waals surface area contributed by atoms with Crippen LogP contribution in [0.15, 0.2) is 36.4 Å². The van der Waals surface area contributed by atoms with Gasteiger partial charge >= 0.3 is 0 Å². The average molecular weight is 365 g/mol. The van der Waals surface area contributed by atoms with E-state index in [0.717, 1.165) is 16.8 Å². The molecule has 0 atom stereocenters. The topological polar surface area (TPSA) is 42.9 Å². The SMILES string of the molecule is CCCCCC1(c2ccc(-c3ccc(C(=O)CC)cc3)nn2)CCCCC1. The number of aromatic nitrogens is 2. The Balaban J connectivity index is 1.79. The first-order valence-electron chi connectivity index (χ1n) is 10.7. The average Bonchev–Trinajstić information content (AvgIpc) is 2.74. The van der Waals surface area contributed by atoms with Gasteiger partial charge in [-0.05, 0) is 31.4 Å². The highest BCUT2D eigenvalue weighted by Gasteiger charge is 2.34. The molecule has 27 heavy (non-hydrogen) atoms. The number of Topliss-reactive ketones (excluding diaryl/α,β-unsaturated/α-hetero) is 1. The number of rotatable bonds is 8. The zero-order valence-electron chi connectivity index (χ0n) is 16.8. The fourth-order valence-corrected chi connectivity index (χ4v) is 4.38. The van der Waals surface area contributed by atoms with E-state index in [1.54, 1.807) is 0 Å². The molecule has 1 aliphatic rings. The van der Waals surface area contributed by atoms with Crippen LogP contribution in [-0.2, 0) is 5.41 Å². The van der Waals surface area contributed by atoms with Gasteiger partial charge in [0.25, 0.3) is 0 Å². The van der Waals surface area contributed by atoms with Crippen LogP contribution < -0.4 is 0 Å². The Labute approximate surface area is 163 Å². The Morgan fingerprint density at radius 2 is 1.67 bits per heavy atom. The number of unbranched alkanes of at least 4 members (excludes halogenated alkanes) is 2. The van der Waals surface area contributed by atoms with Gasteiger partial charge in [-0.15, -0.1) is 0 Å². The highest BCUT2D eigenvalue weighted by Crippen LogP contribution is 2.42. The molecule has 0 spiro atoms. The second-order valence-electron chi connectivity index (χ2n) is 7.96. The molecule has 3 nitrogen and oxygen atoms in total. The summed E-state index contributed by atoms with van der Waals surface area (Å²) in [6, 6.07) is 12.0. The molecule has 1 aliphatic carbocycles. The van der Waals surface area contributed by atoms with Gasteiger partial charge in [0.1, 0.15) is 0 Å². The van der Waals surface area contributed by atoms with Gasteiger partial charge in [0.2, 0.25) is 0 Å². The number of benzene rings is 1. The molecule has 144 valence electrons. The van der Waals surface area contributed by atoms with Crippen LogP contribution in [0.2, 0.25) is 0 Å². The third kappa shape index (κ3) is 4.63. The van der Waals surface area contributed by atoms with Crippen molar-refractivity contribution < 1.29 is 4.79 Å². The van der Waals surface area contributed by atoms with Gasteiger partial charge in [-0.1, -0.05) is 76.6 Å². The third-order valence-electron chi connectivity index (χ3n) is 6.10. The Morgan fingerprint density at radius 1 is 0.926 bits per heavy atom. The summed E-state index contributed by atoms with van der Waals surface area (Å²) in [7, 11) is 0. The molecule has 0 bridgehead atoms. The Morgan fingerprint density at radius 3 is 2.26 bits per heavy atom. The lowest BCUT2D eigenvalue weighted by Gasteiger charge is -2.36. The number of hydrogen-bond acceptors (Lipinski definition) is 3. The monoisotopic (exact) mass is 364 g/mol.